The smallest absolute Gasteiger partial charge is 0.355 e. The molecule has 0 aliphatic carbocycles. The predicted octanol–water partition coefficient (Wildman–Crippen LogP) is 7.47. The number of nitrogens with zero attached hydrogens (tertiary/aromatic N) is 1. The molecule has 0 saturated carbocycles. The van der Waals surface area contributed by atoms with Crippen LogP contribution in [0.2, 0.25) is 5.02 Å². The van der Waals surface area contributed by atoms with Gasteiger partial charge in [-0.05, 0) is 77.8 Å². The van der Waals surface area contributed by atoms with E-state index in [0.29, 0.717) is 30.5 Å². The number of esters is 1. The third-order valence-electron chi connectivity index (χ3n) is 5.58. The Balaban J connectivity index is 1.60. The second-order valence-corrected chi connectivity index (χ2v) is 8.99. The van der Waals surface area contributed by atoms with Crippen molar-refractivity contribution in [2.24, 2.45) is 0 Å². The van der Waals surface area contributed by atoms with Crippen LogP contribution in [0, 0.1) is 13.8 Å². The van der Waals surface area contributed by atoms with E-state index in [4.69, 9.17) is 21.1 Å². The molecular weight excluding hydrogens is 490 g/mol. The molecule has 0 fully saturated rings. The van der Waals surface area contributed by atoms with Gasteiger partial charge in [0.05, 0.1) is 23.8 Å². The Labute approximate surface area is 201 Å². The summed E-state index contributed by atoms with van der Waals surface area (Å²) in [7, 11) is 0. The molecule has 32 heavy (non-hydrogen) atoms. The van der Waals surface area contributed by atoms with E-state index in [1.807, 2.05) is 42.7 Å². The van der Waals surface area contributed by atoms with Crippen molar-refractivity contribution in [3.8, 4) is 5.75 Å². The molecule has 0 saturated heterocycles. The maximum Gasteiger partial charge on any atom is 0.355 e. The minimum atomic E-state index is -0.324. The van der Waals surface area contributed by atoms with Crippen LogP contribution in [0.4, 0.5) is 0 Å². The normalized spacial score (nSPS) is 11.3. The maximum atomic E-state index is 12.8. The third-order valence-corrected chi connectivity index (χ3v) is 6.95. The van der Waals surface area contributed by atoms with E-state index in [9.17, 15) is 4.79 Å². The Morgan fingerprint density at radius 3 is 2.69 bits per heavy atom. The van der Waals surface area contributed by atoms with Crippen LogP contribution in [0.3, 0.4) is 0 Å². The highest BCUT2D eigenvalue weighted by Crippen LogP contribution is 2.37. The molecule has 0 N–H and O–H groups in total. The molecule has 1 heterocycles. The number of fused-ring (bicyclic) bond motifs is 2. The lowest BCUT2D eigenvalue weighted by Gasteiger charge is -2.13. The highest BCUT2D eigenvalue weighted by atomic mass is 79.9. The average molecular weight is 515 g/mol. The lowest BCUT2D eigenvalue weighted by atomic mass is 10.1. The van der Waals surface area contributed by atoms with Crippen LogP contribution in [0.25, 0.3) is 21.7 Å². The summed E-state index contributed by atoms with van der Waals surface area (Å²) < 4.78 is 14.3. The lowest BCUT2D eigenvalue weighted by Crippen LogP contribution is -2.15. The SMILES string of the molecule is CCOC(=O)c1c(C)c2c(Br)c(Cl)ccc2n1CCCOc1cc(C)cc2ccccc12. The fourth-order valence-corrected chi connectivity index (χ4v) is 4.99. The van der Waals surface area contributed by atoms with Crippen molar-refractivity contribution < 1.29 is 14.3 Å². The molecule has 4 nitrogen and oxygen atoms in total. The third kappa shape index (κ3) is 4.24. The molecule has 0 radical (unpaired) electrons. The number of aryl methyl sites for hydroxylation is 3. The van der Waals surface area contributed by atoms with Gasteiger partial charge in [-0.15, -0.1) is 0 Å². The molecule has 0 atom stereocenters. The number of halogens is 2. The van der Waals surface area contributed by atoms with Crippen molar-refractivity contribution in [1.82, 2.24) is 4.57 Å². The summed E-state index contributed by atoms with van der Waals surface area (Å²) in [6.07, 6.45) is 0.734. The zero-order valence-electron chi connectivity index (χ0n) is 18.4. The molecule has 1 aromatic heterocycles. The van der Waals surface area contributed by atoms with Crippen LogP contribution in [0.15, 0.2) is 53.0 Å². The highest BCUT2D eigenvalue weighted by Gasteiger charge is 2.23. The molecule has 4 rings (SSSR count). The van der Waals surface area contributed by atoms with Gasteiger partial charge in [-0.1, -0.05) is 41.9 Å². The van der Waals surface area contributed by atoms with Crippen molar-refractivity contribution in [1.29, 1.82) is 0 Å². The molecule has 0 aliphatic rings. The molecule has 0 amide bonds. The summed E-state index contributed by atoms with van der Waals surface area (Å²) in [6.45, 7) is 7.29. The second kappa shape index (κ2) is 9.55. The van der Waals surface area contributed by atoms with Crippen LogP contribution >= 0.6 is 27.5 Å². The number of carbonyl (C=O) groups excluding carboxylic acids is 1. The van der Waals surface area contributed by atoms with Crippen LogP contribution in [-0.2, 0) is 11.3 Å². The van der Waals surface area contributed by atoms with Crippen LogP contribution in [0.5, 0.6) is 5.75 Å². The second-order valence-electron chi connectivity index (χ2n) is 7.79. The Hall–Kier alpha value is -2.50. The fourth-order valence-electron chi connectivity index (χ4n) is 4.20. The zero-order valence-corrected chi connectivity index (χ0v) is 20.7. The van der Waals surface area contributed by atoms with E-state index >= 15 is 0 Å². The molecule has 166 valence electrons. The van der Waals surface area contributed by atoms with Gasteiger partial charge in [0.25, 0.3) is 0 Å². The fraction of sp³-hybridized carbons (Fsp3) is 0.269. The van der Waals surface area contributed by atoms with Crippen LogP contribution in [-0.4, -0.2) is 23.8 Å². The first-order valence-corrected chi connectivity index (χ1v) is 11.9. The Morgan fingerprint density at radius 2 is 1.91 bits per heavy atom. The molecule has 3 aromatic carbocycles. The number of ether oxygens (including phenoxy) is 2. The average Bonchev–Trinajstić information content (AvgIpc) is 3.05. The van der Waals surface area contributed by atoms with E-state index < -0.39 is 0 Å². The first-order chi connectivity index (χ1) is 15.4. The largest absolute Gasteiger partial charge is 0.493 e. The summed E-state index contributed by atoms with van der Waals surface area (Å²) in [5.74, 6) is 0.559. The van der Waals surface area contributed by atoms with Crippen molar-refractivity contribution >= 4 is 55.2 Å². The molecule has 4 aromatic rings. The number of carbonyl (C=O) groups is 1. The van der Waals surface area contributed by atoms with Crippen LogP contribution in [0.1, 0.15) is 35.0 Å². The predicted molar refractivity (Wildman–Crippen MR) is 134 cm³/mol. The van der Waals surface area contributed by atoms with Crippen molar-refractivity contribution in [3.05, 3.63) is 74.8 Å². The standard InChI is InChI=1S/C26H25BrClNO3/c1-4-31-26(30)25-17(3)23-21(11-10-20(28)24(23)27)29(25)12-7-13-32-22-15-16(2)14-18-8-5-6-9-19(18)22/h5-6,8-11,14-15H,4,7,12-13H2,1-3H3. The van der Waals surface area contributed by atoms with Gasteiger partial charge in [0.1, 0.15) is 11.4 Å². The van der Waals surface area contributed by atoms with Crippen molar-refractivity contribution in [3.63, 3.8) is 0 Å². The first kappa shape index (κ1) is 22.7. The monoisotopic (exact) mass is 513 g/mol. The van der Waals surface area contributed by atoms with E-state index in [0.717, 1.165) is 44.1 Å². The summed E-state index contributed by atoms with van der Waals surface area (Å²) in [4.78, 5) is 12.8. The van der Waals surface area contributed by atoms with Crippen molar-refractivity contribution in [2.45, 2.75) is 33.7 Å². The summed E-state index contributed by atoms with van der Waals surface area (Å²) >= 11 is 9.91. The minimum absolute atomic E-state index is 0.324. The van der Waals surface area contributed by atoms with Gasteiger partial charge >= 0.3 is 5.97 Å². The lowest BCUT2D eigenvalue weighted by molar-refractivity contribution is 0.0513. The van der Waals surface area contributed by atoms with Crippen molar-refractivity contribution in [2.75, 3.05) is 13.2 Å². The number of hydrogen-bond acceptors (Lipinski definition) is 3. The molecule has 6 heteroatoms. The van der Waals surface area contributed by atoms with Gasteiger partial charge in [-0.3, -0.25) is 0 Å². The number of benzene rings is 3. The van der Waals surface area contributed by atoms with E-state index in [2.05, 4.69) is 47.1 Å². The van der Waals surface area contributed by atoms with Gasteiger partial charge < -0.3 is 14.0 Å². The van der Waals surface area contributed by atoms with E-state index in [1.54, 1.807) is 0 Å². The van der Waals surface area contributed by atoms with E-state index in [1.165, 1.54) is 5.39 Å². The van der Waals surface area contributed by atoms with Gasteiger partial charge in [-0.25, -0.2) is 4.79 Å². The van der Waals surface area contributed by atoms with Gasteiger partial charge in [0.2, 0.25) is 0 Å². The Kier molecular flexibility index (Phi) is 6.77. The minimum Gasteiger partial charge on any atom is -0.493 e. The Bertz CT molecular complexity index is 1310. The molecule has 0 unspecified atom stereocenters. The summed E-state index contributed by atoms with van der Waals surface area (Å²) in [5.41, 5.74) is 3.53. The highest BCUT2D eigenvalue weighted by molar-refractivity contribution is 9.10. The number of rotatable bonds is 7. The molecule has 0 bridgehead atoms. The van der Waals surface area contributed by atoms with Gasteiger partial charge in [-0.2, -0.15) is 0 Å². The quantitative estimate of drug-likeness (QED) is 0.190. The van der Waals surface area contributed by atoms with Crippen LogP contribution < -0.4 is 4.74 Å². The van der Waals surface area contributed by atoms with Gasteiger partial charge in [0, 0.05) is 21.8 Å². The maximum absolute atomic E-state index is 12.8. The van der Waals surface area contributed by atoms with E-state index in [-0.39, 0.29) is 5.97 Å². The molecule has 0 aliphatic heterocycles. The topological polar surface area (TPSA) is 40.5 Å². The number of hydrogen-bond donors (Lipinski definition) is 0. The Morgan fingerprint density at radius 1 is 1.12 bits per heavy atom. The first-order valence-electron chi connectivity index (χ1n) is 10.7. The summed E-state index contributed by atoms with van der Waals surface area (Å²) in [5, 5.41) is 3.82. The molecule has 0 spiro atoms. The summed E-state index contributed by atoms with van der Waals surface area (Å²) in [6, 6.07) is 16.2. The number of aromatic nitrogens is 1. The zero-order chi connectivity index (χ0) is 22.8. The molecular formula is C26H25BrClNO3. The van der Waals surface area contributed by atoms with Gasteiger partial charge in [0.15, 0.2) is 0 Å².